The van der Waals surface area contributed by atoms with Crippen LogP contribution >= 0.6 is 0 Å². The molecule has 0 unspecified atom stereocenters. The summed E-state index contributed by atoms with van der Waals surface area (Å²) >= 11 is 0. The number of rotatable bonds is 4. The van der Waals surface area contributed by atoms with E-state index in [2.05, 4.69) is 34.8 Å². The molecular formula is C19H20N4O. The lowest BCUT2D eigenvalue weighted by Crippen LogP contribution is -2.32. The third-order valence-electron chi connectivity index (χ3n) is 3.86. The van der Waals surface area contributed by atoms with Gasteiger partial charge in [-0.15, -0.1) is 0 Å². The van der Waals surface area contributed by atoms with E-state index in [0.717, 1.165) is 23.3 Å². The molecule has 0 radical (unpaired) electrons. The molecule has 5 nitrogen and oxygen atoms in total. The molecule has 0 saturated carbocycles. The number of ether oxygens (including phenoxy) is 1. The number of hydrogen-bond donors (Lipinski definition) is 3. The molecule has 0 aliphatic heterocycles. The zero-order valence-corrected chi connectivity index (χ0v) is 13.3. The summed E-state index contributed by atoms with van der Waals surface area (Å²) in [4.78, 5) is 0. The molecule has 0 amide bonds. The van der Waals surface area contributed by atoms with Gasteiger partial charge in [0, 0.05) is 12.0 Å². The normalized spacial score (nSPS) is 13.7. The quantitative estimate of drug-likeness (QED) is 0.337. The van der Waals surface area contributed by atoms with E-state index in [1.807, 2.05) is 42.5 Å². The van der Waals surface area contributed by atoms with Crippen LogP contribution in [-0.4, -0.2) is 5.84 Å². The Morgan fingerprint density at radius 3 is 2.71 bits per heavy atom. The lowest BCUT2D eigenvalue weighted by molar-refractivity contribution is 0.196. The van der Waals surface area contributed by atoms with Crippen LogP contribution in [0.4, 0.5) is 0 Å². The molecule has 0 aromatic heterocycles. The van der Waals surface area contributed by atoms with Crippen molar-refractivity contribution in [3.63, 3.8) is 0 Å². The third-order valence-corrected chi connectivity index (χ3v) is 3.86. The number of nitrogens with zero attached hydrogens (tertiary/aromatic N) is 1. The van der Waals surface area contributed by atoms with Gasteiger partial charge in [-0.1, -0.05) is 54.6 Å². The van der Waals surface area contributed by atoms with E-state index in [0.29, 0.717) is 12.4 Å². The van der Waals surface area contributed by atoms with Crippen LogP contribution in [0, 0.1) is 0 Å². The first-order valence-corrected chi connectivity index (χ1v) is 7.73. The molecule has 0 saturated heterocycles. The highest BCUT2D eigenvalue weighted by atomic mass is 16.5. The summed E-state index contributed by atoms with van der Waals surface area (Å²) in [6.07, 6.45) is 7.06. The molecule has 0 fully saturated rings. The van der Waals surface area contributed by atoms with Crippen molar-refractivity contribution in [2.45, 2.75) is 13.0 Å². The van der Waals surface area contributed by atoms with Crippen molar-refractivity contribution in [1.82, 2.24) is 5.43 Å². The second-order valence-electron chi connectivity index (χ2n) is 5.45. The number of hydrazone groups is 1. The van der Waals surface area contributed by atoms with E-state index < -0.39 is 0 Å². The Morgan fingerprint density at radius 1 is 1.08 bits per heavy atom. The summed E-state index contributed by atoms with van der Waals surface area (Å²) < 4.78 is 5.96. The van der Waals surface area contributed by atoms with Crippen molar-refractivity contribution >= 4 is 18.0 Å². The molecule has 3 rings (SSSR count). The average Bonchev–Trinajstić information content (AvgIpc) is 2.84. The van der Waals surface area contributed by atoms with Gasteiger partial charge < -0.3 is 16.0 Å². The smallest absolute Gasteiger partial charge is 0.166 e. The minimum atomic E-state index is 0.433. The van der Waals surface area contributed by atoms with Crippen LogP contribution in [0.25, 0.3) is 12.2 Å². The van der Waals surface area contributed by atoms with Crippen molar-refractivity contribution in [3.05, 3.63) is 81.9 Å². The highest BCUT2D eigenvalue weighted by Gasteiger charge is 2.04. The Morgan fingerprint density at radius 2 is 1.92 bits per heavy atom. The third kappa shape index (κ3) is 3.64. The van der Waals surface area contributed by atoms with E-state index in [4.69, 9.17) is 16.4 Å². The number of amidine groups is 1. The number of hydrazine groups is 1. The Balaban J connectivity index is 1.72. The minimum Gasteiger partial charge on any atom is -0.493 e. The predicted molar refractivity (Wildman–Crippen MR) is 96.6 cm³/mol. The summed E-state index contributed by atoms with van der Waals surface area (Å²) in [5, 5.41) is 6.05. The van der Waals surface area contributed by atoms with Crippen LogP contribution in [0.15, 0.2) is 65.5 Å². The fraction of sp³-hybridized carbons (Fsp3) is 0.105. The lowest BCUT2D eigenvalue weighted by atomic mass is 10.1. The van der Waals surface area contributed by atoms with Crippen molar-refractivity contribution < 1.29 is 4.74 Å². The Kier molecular flexibility index (Phi) is 4.93. The van der Waals surface area contributed by atoms with E-state index in [9.17, 15) is 0 Å². The minimum absolute atomic E-state index is 0.433. The second kappa shape index (κ2) is 7.48. The Hall–Kier alpha value is -3.05. The van der Waals surface area contributed by atoms with Crippen LogP contribution in [0.1, 0.15) is 17.5 Å². The average molecular weight is 320 g/mol. The molecule has 122 valence electrons. The molecule has 0 heterocycles. The molecule has 24 heavy (non-hydrogen) atoms. The van der Waals surface area contributed by atoms with E-state index in [1.165, 1.54) is 10.4 Å². The predicted octanol–water partition coefficient (Wildman–Crippen LogP) is 0.836. The molecule has 1 aliphatic rings. The lowest BCUT2D eigenvalue weighted by Gasteiger charge is -2.10. The first-order valence-electron chi connectivity index (χ1n) is 7.73. The zero-order valence-electron chi connectivity index (χ0n) is 13.3. The zero-order chi connectivity index (χ0) is 16.8. The molecule has 2 aromatic carbocycles. The molecule has 5 N–H and O–H groups in total. The van der Waals surface area contributed by atoms with Crippen molar-refractivity contribution in [3.8, 4) is 0 Å². The van der Waals surface area contributed by atoms with E-state index in [1.54, 1.807) is 0 Å². The molecule has 5 heteroatoms. The van der Waals surface area contributed by atoms with Crippen LogP contribution < -0.4 is 27.5 Å². The number of fused-ring (bicyclic) bond motifs is 1. The van der Waals surface area contributed by atoms with Crippen LogP contribution in [0.5, 0.6) is 0 Å². The van der Waals surface area contributed by atoms with Gasteiger partial charge in [-0.2, -0.15) is 5.10 Å². The van der Waals surface area contributed by atoms with Crippen molar-refractivity contribution in [1.29, 1.82) is 0 Å². The number of allylic oxidation sites excluding steroid dienone is 2. The van der Waals surface area contributed by atoms with E-state index in [-0.39, 0.29) is 0 Å². The van der Waals surface area contributed by atoms with Crippen LogP contribution in [-0.2, 0) is 11.3 Å². The highest BCUT2D eigenvalue weighted by molar-refractivity contribution is 5.98. The maximum absolute atomic E-state index is 5.96. The van der Waals surface area contributed by atoms with Gasteiger partial charge in [0.1, 0.15) is 12.4 Å². The Labute approximate surface area is 140 Å². The largest absolute Gasteiger partial charge is 0.493 e. The first-order chi connectivity index (χ1) is 11.8. The van der Waals surface area contributed by atoms with Gasteiger partial charge in [0.15, 0.2) is 5.84 Å². The van der Waals surface area contributed by atoms with Crippen molar-refractivity contribution in [2.75, 3.05) is 0 Å². The monoisotopic (exact) mass is 320 g/mol. The van der Waals surface area contributed by atoms with E-state index >= 15 is 0 Å². The summed E-state index contributed by atoms with van der Waals surface area (Å²) in [5.41, 5.74) is 4.32. The van der Waals surface area contributed by atoms with Gasteiger partial charge in [-0.05, 0) is 28.1 Å². The van der Waals surface area contributed by atoms with Crippen molar-refractivity contribution in [2.24, 2.45) is 16.8 Å². The molecule has 2 aromatic rings. The summed E-state index contributed by atoms with van der Waals surface area (Å²) in [6, 6.07) is 16.0. The topological polar surface area (TPSA) is 85.7 Å². The van der Waals surface area contributed by atoms with Gasteiger partial charge in [-0.25, -0.2) is 5.84 Å². The molecule has 0 bridgehead atoms. The fourth-order valence-corrected chi connectivity index (χ4v) is 2.60. The van der Waals surface area contributed by atoms with Crippen LogP contribution in [0.3, 0.4) is 0 Å². The number of hydrogen-bond acceptors (Lipinski definition) is 4. The van der Waals surface area contributed by atoms with Crippen LogP contribution in [0.2, 0.25) is 0 Å². The molecule has 1 aliphatic carbocycles. The maximum Gasteiger partial charge on any atom is 0.166 e. The second-order valence-corrected chi connectivity index (χ2v) is 5.45. The molecule has 0 spiro atoms. The molecule has 0 atom stereocenters. The van der Waals surface area contributed by atoms with Gasteiger partial charge in [0.25, 0.3) is 0 Å². The Bertz CT molecular complexity index is 900. The molecular weight excluding hydrogens is 300 g/mol. The standard InChI is InChI=1S/C19H20N4O/c20-22-19(23-21)17-7-3-4-14(12-17)13-24-18-10-8-15-5-1-2-6-16(15)9-11-18/h1-10,12H,11,13,20-21H2,(H,22,23). The number of nitrogens with one attached hydrogen (secondary N) is 1. The van der Waals surface area contributed by atoms with Gasteiger partial charge in [0.2, 0.25) is 0 Å². The number of nitrogens with two attached hydrogens (primary N) is 2. The number of benzene rings is 2. The SMILES string of the molecule is N/N=C(\NN)c1cccc(COC2=CC=c3ccccc3=CC2)c1. The van der Waals surface area contributed by atoms with Gasteiger partial charge in [-0.3, -0.25) is 0 Å². The maximum atomic E-state index is 5.96. The summed E-state index contributed by atoms with van der Waals surface area (Å²) in [5.74, 6) is 12.1. The fourth-order valence-electron chi connectivity index (χ4n) is 2.60. The highest BCUT2D eigenvalue weighted by Crippen LogP contribution is 2.12. The van der Waals surface area contributed by atoms with Gasteiger partial charge in [0.05, 0.1) is 0 Å². The first kappa shape index (κ1) is 15.8. The summed E-state index contributed by atoms with van der Waals surface area (Å²) in [6.45, 7) is 0.472. The summed E-state index contributed by atoms with van der Waals surface area (Å²) in [7, 11) is 0. The van der Waals surface area contributed by atoms with Gasteiger partial charge >= 0.3 is 0 Å².